The third-order valence-corrected chi connectivity index (χ3v) is 19.7. The van der Waals surface area contributed by atoms with E-state index in [1.807, 2.05) is 6.08 Å². The molecule has 0 bridgehead atoms. The summed E-state index contributed by atoms with van der Waals surface area (Å²) >= 11 is 0. The van der Waals surface area contributed by atoms with Crippen molar-refractivity contribution in [2.45, 2.75) is 488 Å². The minimum atomic E-state index is -0.840. The summed E-state index contributed by atoms with van der Waals surface area (Å²) < 4.78 is 5.52. The van der Waals surface area contributed by atoms with Crippen LogP contribution < -0.4 is 5.32 Å². The van der Waals surface area contributed by atoms with Gasteiger partial charge in [-0.3, -0.25) is 9.59 Å². The van der Waals surface area contributed by atoms with Crippen molar-refractivity contribution >= 4 is 11.9 Å². The van der Waals surface area contributed by atoms with Crippen molar-refractivity contribution in [3.63, 3.8) is 0 Å². The zero-order chi connectivity index (χ0) is 64.9. The maximum Gasteiger partial charge on any atom is 0.305 e. The van der Waals surface area contributed by atoms with Gasteiger partial charge in [-0.15, -0.1) is 0 Å². The number of hydrogen-bond acceptors (Lipinski definition) is 5. The number of allylic oxidation sites excluding steroid dienone is 3. The smallest absolute Gasteiger partial charge is 0.305 e. The van der Waals surface area contributed by atoms with E-state index < -0.39 is 12.1 Å². The number of aliphatic hydroxyl groups is 2. The van der Waals surface area contributed by atoms with Gasteiger partial charge in [-0.25, -0.2) is 0 Å². The van der Waals surface area contributed by atoms with Crippen LogP contribution in [0.1, 0.15) is 476 Å². The van der Waals surface area contributed by atoms with Crippen LogP contribution in [0.4, 0.5) is 0 Å². The van der Waals surface area contributed by atoms with Gasteiger partial charge in [-0.05, 0) is 57.8 Å². The predicted octanol–water partition coefficient (Wildman–Crippen LogP) is 27.6. The molecule has 90 heavy (non-hydrogen) atoms. The first-order valence-electron chi connectivity index (χ1n) is 41.6. The zero-order valence-corrected chi connectivity index (χ0v) is 61.4. The summed E-state index contributed by atoms with van der Waals surface area (Å²) in [5.74, 6) is -0.0344. The normalized spacial score (nSPS) is 12.5. The Labute approximate surface area is 564 Å². The molecule has 0 aromatic heterocycles. The quantitative estimate of drug-likeness (QED) is 0.0320. The summed E-state index contributed by atoms with van der Waals surface area (Å²) in [6.07, 6.45) is 103. The van der Waals surface area contributed by atoms with Crippen LogP contribution in [0.25, 0.3) is 0 Å². The molecule has 0 aliphatic heterocycles. The summed E-state index contributed by atoms with van der Waals surface area (Å²) in [7, 11) is 0. The Bertz CT molecular complexity index is 1410. The topological polar surface area (TPSA) is 95.9 Å². The molecule has 2 unspecified atom stereocenters. The van der Waals surface area contributed by atoms with Gasteiger partial charge in [0.2, 0.25) is 5.91 Å². The monoisotopic (exact) mass is 1270 g/mol. The molecule has 0 aromatic carbocycles. The minimum Gasteiger partial charge on any atom is -0.466 e. The van der Waals surface area contributed by atoms with Crippen molar-refractivity contribution in [2.24, 2.45) is 0 Å². The molecule has 1 amide bonds. The Hall–Kier alpha value is -1.66. The Morgan fingerprint density at radius 2 is 0.522 bits per heavy atom. The Balaban J connectivity index is 3.30. The number of aliphatic hydroxyl groups excluding tert-OH is 2. The largest absolute Gasteiger partial charge is 0.466 e. The molecule has 0 heterocycles. The minimum absolute atomic E-state index is 0.0238. The van der Waals surface area contributed by atoms with Crippen molar-refractivity contribution in [3.05, 3.63) is 24.3 Å². The van der Waals surface area contributed by atoms with E-state index in [0.717, 1.165) is 38.5 Å². The van der Waals surface area contributed by atoms with Crippen LogP contribution >= 0.6 is 0 Å². The molecule has 0 aliphatic carbocycles. The third-order valence-electron chi connectivity index (χ3n) is 19.7. The van der Waals surface area contributed by atoms with Gasteiger partial charge < -0.3 is 20.3 Å². The number of nitrogens with one attached hydrogen (secondary N) is 1. The number of rotatable bonds is 79. The Morgan fingerprint density at radius 3 is 0.789 bits per heavy atom. The van der Waals surface area contributed by atoms with Gasteiger partial charge in [-0.1, -0.05) is 430 Å². The van der Waals surface area contributed by atoms with Gasteiger partial charge in [0, 0.05) is 12.8 Å². The molecule has 6 nitrogen and oxygen atoms in total. The maximum absolute atomic E-state index is 12.5. The van der Waals surface area contributed by atoms with Crippen LogP contribution in [0.5, 0.6) is 0 Å². The number of ether oxygens (including phenoxy) is 1. The fraction of sp³-hybridized carbons (Fsp3) is 0.929. The number of esters is 1. The molecule has 0 saturated carbocycles. The molecule has 534 valence electrons. The molecular weight excluding hydrogens is 1100 g/mol. The number of amides is 1. The zero-order valence-electron chi connectivity index (χ0n) is 61.4. The second kappa shape index (κ2) is 79.8. The molecule has 0 radical (unpaired) electrons. The highest BCUT2D eigenvalue weighted by molar-refractivity contribution is 5.76. The molecule has 0 fully saturated rings. The van der Waals surface area contributed by atoms with Crippen LogP contribution in [0.15, 0.2) is 24.3 Å². The van der Waals surface area contributed by atoms with Crippen LogP contribution in [-0.2, 0) is 14.3 Å². The van der Waals surface area contributed by atoms with Crippen LogP contribution in [0.3, 0.4) is 0 Å². The number of unbranched alkanes of at least 4 members (excludes halogenated alkanes) is 66. The molecule has 0 aromatic rings. The van der Waals surface area contributed by atoms with E-state index >= 15 is 0 Å². The molecule has 2 atom stereocenters. The van der Waals surface area contributed by atoms with Gasteiger partial charge >= 0.3 is 5.97 Å². The number of carbonyl (C=O) groups is 2. The van der Waals surface area contributed by atoms with Gasteiger partial charge in [0.15, 0.2) is 0 Å². The van der Waals surface area contributed by atoms with Crippen molar-refractivity contribution in [3.8, 4) is 0 Å². The highest BCUT2D eigenvalue weighted by atomic mass is 16.5. The SMILES string of the molecule is CCCCCCCC/C=C\CCCCCCCCCCCC(=O)OCCCCCCCCCCCCCCCCCCCCCCCCCCCCCCCCCCCCCCCC(=O)NC(CO)C(O)/C=C/CCCCCCCCCCCCCCCCC. The van der Waals surface area contributed by atoms with Crippen molar-refractivity contribution in [1.82, 2.24) is 5.32 Å². The van der Waals surface area contributed by atoms with Crippen molar-refractivity contribution in [2.75, 3.05) is 13.2 Å². The highest BCUT2D eigenvalue weighted by Crippen LogP contribution is 2.20. The van der Waals surface area contributed by atoms with Gasteiger partial charge in [0.1, 0.15) is 0 Å². The van der Waals surface area contributed by atoms with E-state index in [0.29, 0.717) is 19.4 Å². The summed E-state index contributed by atoms with van der Waals surface area (Å²) in [4.78, 5) is 24.7. The lowest BCUT2D eigenvalue weighted by Gasteiger charge is -2.20. The molecule has 6 heteroatoms. The summed E-state index contributed by atoms with van der Waals surface area (Å²) in [6.45, 7) is 4.95. The predicted molar refractivity (Wildman–Crippen MR) is 398 cm³/mol. The fourth-order valence-corrected chi connectivity index (χ4v) is 13.4. The summed E-state index contributed by atoms with van der Waals surface area (Å²) in [5, 5.41) is 23.2. The lowest BCUT2D eigenvalue weighted by Crippen LogP contribution is -2.45. The van der Waals surface area contributed by atoms with Crippen LogP contribution in [0, 0.1) is 0 Å². The van der Waals surface area contributed by atoms with Crippen LogP contribution in [0.2, 0.25) is 0 Å². The third kappa shape index (κ3) is 75.4. The summed E-state index contributed by atoms with van der Waals surface area (Å²) in [5.41, 5.74) is 0. The number of hydrogen-bond donors (Lipinski definition) is 3. The lowest BCUT2D eigenvalue weighted by molar-refractivity contribution is -0.143. The lowest BCUT2D eigenvalue weighted by atomic mass is 10.0. The van der Waals surface area contributed by atoms with Gasteiger partial charge in [0.05, 0.1) is 25.4 Å². The second-order valence-electron chi connectivity index (χ2n) is 28.8. The molecule has 0 spiro atoms. The molecule has 0 rings (SSSR count). The van der Waals surface area contributed by atoms with E-state index in [1.165, 1.54) is 411 Å². The summed E-state index contributed by atoms with van der Waals surface area (Å²) in [6, 6.07) is -0.623. The molecule has 0 saturated heterocycles. The first-order valence-corrected chi connectivity index (χ1v) is 41.6. The standard InChI is InChI=1S/C84H163NO5/c1-3-5-7-9-11-13-15-17-19-21-41-46-50-54-58-62-66-70-74-78-84(89)90-79-75-71-67-63-59-55-51-47-43-40-38-36-34-32-30-28-26-24-22-23-25-27-29-31-33-35-37-39-42-45-49-53-57-61-65-69-73-77-83(88)85-81(80-86)82(87)76-72-68-64-60-56-52-48-44-20-18-16-14-12-10-8-6-4-2/h17,19,72,76,81-82,86-87H,3-16,18,20-71,73-75,77-80H2,1-2H3,(H,85,88)/b19-17-,76-72+. The fourth-order valence-electron chi connectivity index (χ4n) is 13.4. The first-order chi connectivity index (χ1) is 44.5. The molecule has 3 N–H and O–H groups in total. The van der Waals surface area contributed by atoms with Gasteiger partial charge in [-0.2, -0.15) is 0 Å². The van der Waals surface area contributed by atoms with E-state index in [1.54, 1.807) is 6.08 Å². The van der Waals surface area contributed by atoms with E-state index in [4.69, 9.17) is 4.74 Å². The first kappa shape index (κ1) is 88.3. The van der Waals surface area contributed by atoms with E-state index in [2.05, 4.69) is 31.3 Å². The van der Waals surface area contributed by atoms with Crippen LogP contribution in [-0.4, -0.2) is 47.4 Å². The average molecular weight is 1270 g/mol. The van der Waals surface area contributed by atoms with Gasteiger partial charge in [0.25, 0.3) is 0 Å². The van der Waals surface area contributed by atoms with E-state index in [-0.39, 0.29) is 18.5 Å². The van der Waals surface area contributed by atoms with Crippen molar-refractivity contribution in [1.29, 1.82) is 0 Å². The van der Waals surface area contributed by atoms with Crippen molar-refractivity contribution < 1.29 is 24.5 Å². The molecular formula is C84H163NO5. The average Bonchev–Trinajstić information content (AvgIpc) is 3.60. The molecule has 0 aliphatic rings. The second-order valence-corrected chi connectivity index (χ2v) is 28.8. The highest BCUT2D eigenvalue weighted by Gasteiger charge is 2.18. The Morgan fingerprint density at radius 1 is 0.300 bits per heavy atom. The maximum atomic E-state index is 12.5. The Kier molecular flexibility index (Phi) is 78.3. The van der Waals surface area contributed by atoms with E-state index in [9.17, 15) is 19.8 Å². The number of carbonyl (C=O) groups excluding carboxylic acids is 2.